The molecule has 0 saturated carbocycles. The minimum Gasteiger partial charge on any atom is -0.395 e. The maximum Gasteiger partial charge on any atom is 0.190 e. The first-order chi connectivity index (χ1) is 12.6. The average Bonchev–Trinajstić information content (AvgIpc) is 3.16. The molecule has 0 spiro atoms. The predicted molar refractivity (Wildman–Crippen MR) is 91.6 cm³/mol. The molecule has 4 rings (SSSR count). The normalized spacial score (nSPS) is 50.6. The number of fused-ring (bicyclic) bond motifs is 3. The van der Waals surface area contributed by atoms with E-state index >= 15 is 0 Å². The predicted octanol–water partition coefficient (Wildman–Crippen LogP) is -0.782. The van der Waals surface area contributed by atoms with E-state index in [1.165, 1.54) is 0 Å². The van der Waals surface area contributed by atoms with E-state index in [4.69, 9.17) is 23.7 Å². The van der Waals surface area contributed by atoms with E-state index in [0.717, 1.165) is 0 Å². The van der Waals surface area contributed by atoms with Crippen molar-refractivity contribution in [2.24, 2.45) is 0 Å². The van der Waals surface area contributed by atoms with E-state index < -0.39 is 36.1 Å². The zero-order chi connectivity index (χ0) is 19.6. The summed E-state index contributed by atoms with van der Waals surface area (Å²) >= 11 is 0. The maximum absolute atomic E-state index is 10.2. The third-order valence-electron chi connectivity index (χ3n) is 5.81. The number of hydrogen-bond acceptors (Lipinski definition) is 9. The molecule has 0 bridgehead atoms. The van der Waals surface area contributed by atoms with Crippen molar-refractivity contribution in [3.05, 3.63) is 0 Å². The summed E-state index contributed by atoms with van der Waals surface area (Å²) in [7, 11) is 0. The van der Waals surface area contributed by atoms with Gasteiger partial charge in [0.1, 0.15) is 18.3 Å². The largest absolute Gasteiger partial charge is 0.395 e. The van der Waals surface area contributed by atoms with Crippen LogP contribution in [0.1, 0.15) is 40.5 Å². The highest BCUT2D eigenvalue weighted by molar-refractivity contribution is 5.02. The summed E-state index contributed by atoms with van der Waals surface area (Å²) in [5.41, 5.74) is 0. The molecule has 1 unspecified atom stereocenters. The van der Waals surface area contributed by atoms with Gasteiger partial charge in [-0.3, -0.25) is 0 Å². The summed E-state index contributed by atoms with van der Waals surface area (Å²) in [6, 6.07) is -0.851. The second-order valence-corrected chi connectivity index (χ2v) is 8.83. The SMILES string of the molecule is CC1(C)O[C@@H]2[C@H](O1)[C@H]1OC(C)(C)OC1O[C@@H]2CC[C@@H]1N[C@@H](CO)[C@@H](O)[C@H]1O. The molecule has 0 aromatic rings. The summed E-state index contributed by atoms with van der Waals surface area (Å²) in [5.74, 6) is -1.50. The second-order valence-electron chi connectivity index (χ2n) is 8.83. The van der Waals surface area contributed by atoms with Gasteiger partial charge in [-0.25, -0.2) is 0 Å². The first kappa shape index (κ1) is 19.9. The molecule has 0 aliphatic carbocycles. The van der Waals surface area contributed by atoms with Crippen LogP contribution in [0.3, 0.4) is 0 Å². The smallest absolute Gasteiger partial charge is 0.190 e. The summed E-state index contributed by atoms with van der Waals surface area (Å²) in [4.78, 5) is 0. The molecular formula is C18H31NO8. The zero-order valence-electron chi connectivity index (χ0n) is 16.2. The Hall–Kier alpha value is -0.360. The van der Waals surface area contributed by atoms with Crippen LogP contribution in [0.15, 0.2) is 0 Å². The summed E-state index contributed by atoms with van der Waals surface area (Å²) < 4.78 is 30.2. The van der Waals surface area contributed by atoms with Gasteiger partial charge in [0.05, 0.1) is 31.0 Å². The van der Waals surface area contributed by atoms with Crippen LogP contribution in [0.25, 0.3) is 0 Å². The van der Waals surface area contributed by atoms with Gasteiger partial charge in [0, 0.05) is 6.04 Å². The lowest BCUT2D eigenvalue weighted by atomic mass is 9.93. The lowest BCUT2D eigenvalue weighted by Gasteiger charge is -2.37. The molecule has 0 aromatic carbocycles. The Morgan fingerprint density at radius 1 is 0.778 bits per heavy atom. The van der Waals surface area contributed by atoms with E-state index in [1.54, 1.807) is 0 Å². The van der Waals surface area contributed by atoms with Gasteiger partial charge in [0.15, 0.2) is 17.9 Å². The lowest BCUT2D eigenvalue weighted by Crippen LogP contribution is -2.55. The topological polar surface area (TPSA) is 119 Å². The third-order valence-corrected chi connectivity index (χ3v) is 5.81. The van der Waals surface area contributed by atoms with Gasteiger partial charge in [0.25, 0.3) is 0 Å². The molecule has 27 heavy (non-hydrogen) atoms. The minimum atomic E-state index is -0.984. The molecule has 4 aliphatic rings. The molecule has 4 saturated heterocycles. The second kappa shape index (κ2) is 6.86. The first-order valence-electron chi connectivity index (χ1n) is 9.70. The van der Waals surface area contributed by atoms with Crippen LogP contribution in [0, 0.1) is 0 Å². The molecule has 4 N–H and O–H groups in total. The van der Waals surface area contributed by atoms with Crippen LogP contribution in [0.5, 0.6) is 0 Å². The van der Waals surface area contributed by atoms with Crippen molar-refractivity contribution in [2.45, 2.75) is 107 Å². The van der Waals surface area contributed by atoms with Crippen LogP contribution < -0.4 is 5.32 Å². The molecule has 0 radical (unpaired) electrons. The molecule has 156 valence electrons. The molecule has 4 aliphatic heterocycles. The fourth-order valence-electron chi connectivity index (χ4n) is 4.63. The molecule has 9 atom stereocenters. The van der Waals surface area contributed by atoms with Crippen LogP contribution in [-0.2, 0) is 23.7 Å². The number of aliphatic hydroxyl groups is 3. The molecule has 4 heterocycles. The van der Waals surface area contributed by atoms with Gasteiger partial charge in [0.2, 0.25) is 0 Å². The summed E-state index contributed by atoms with van der Waals surface area (Å²) in [6.07, 6.45) is -2.60. The Bertz CT molecular complexity index is 557. The third kappa shape index (κ3) is 3.65. The maximum atomic E-state index is 10.2. The average molecular weight is 389 g/mol. The lowest BCUT2D eigenvalue weighted by molar-refractivity contribution is -0.235. The summed E-state index contributed by atoms with van der Waals surface area (Å²) in [6.45, 7) is 7.18. The molecule has 0 amide bonds. The number of aliphatic hydroxyl groups excluding tert-OH is 3. The Morgan fingerprint density at radius 3 is 2.04 bits per heavy atom. The van der Waals surface area contributed by atoms with Gasteiger partial charge in [-0.1, -0.05) is 0 Å². The highest BCUT2D eigenvalue weighted by atomic mass is 16.9. The first-order valence-corrected chi connectivity index (χ1v) is 9.70. The molecular weight excluding hydrogens is 358 g/mol. The number of hydrogen-bond donors (Lipinski definition) is 4. The van der Waals surface area contributed by atoms with Crippen molar-refractivity contribution in [3.63, 3.8) is 0 Å². The van der Waals surface area contributed by atoms with Gasteiger partial charge in [-0.2, -0.15) is 0 Å². The number of ether oxygens (including phenoxy) is 5. The fraction of sp³-hybridized carbons (Fsp3) is 1.00. The monoisotopic (exact) mass is 389 g/mol. The van der Waals surface area contributed by atoms with Crippen molar-refractivity contribution in [3.8, 4) is 0 Å². The minimum absolute atomic E-state index is 0.228. The molecule has 9 nitrogen and oxygen atoms in total. The van der Waals surface area contributed by atoms with Crippen molar-refractivity contribution >= 4 is 0 Å². The van der Waals surface area contributed by atoms with Crippen molar-refractivity contribution < 1.29 is 39.0 Å². The standard InChI is InChI=1S/C18H31NO8/c1-17(2)24-13-10(6-5-8-11(21)12(22)9(7-20)19-8)23-16-15(14(13)25-17)26-18(3,4)27-16/h8-16,19-22H,5-7H2,1-4H3/t8-,9-,10+,11-,12+,13-,14-,15+,16?/m0/s1. The van der Waals surface area contributed by atoms with Crippen LogP contribution in [0.2, 0.25) is 0 Å². The van der Waals surface area contributed by atoms with E-state index in [1.807, 2.05) is 27.7 Å². The van der Waals surface area contributed by atoms with Crippen LogP contribution in [0.4, 0.5) is 0 Å². The molecule has 0 aromatic heterocycles. The Morgan fingerprint density at radius 2 is 1.37 bits per heavy atom. The van der Waals surface area contributed by atoms with E-state index in [9.17, 15) is 15.3 Å². The van der Waals surface area contributed by atoms with Crippen LogP contribution >= 0.6 is 0 Å². The Labute approximate surface area is 158 Å². The van der Waals surface area contributed by atoms with Gasteiger partial charge in [-0.15, -0.1) is 0 Å². The highest BCUT2D eigenvalue weighted by Gasteiger charge is 2.60. The van der Waals surface area contributed by atoms with Crippen molar-refractivity contribution in [1.82, 2.24) is 5.32 Å². The van der Waals surface area contributed by atoms with Gasteiger partial charge < -0.3 is 44.3 Å². The number of nitrogens with one attached hydrogen (secondary N) is 1. The highest BCUT2D eigenvalue weighted by Crippen LogP contribution is 2.45. The quantitative estimate of drug-likeness (QED) is 0.491. The Balaban J connectivity index is 1.45. The fourth-order valence-corrected chi connectivity index (χ4v) is 4.63. The summed E-state index contributed by atoms with van der Waals surface area (Å²) in [5, 5.41) is 32.6. The Kier molecular flexibility index (Phi) is 5.06. The van der Waals surface area contributed by atoms with Gasteiger partial charge >= 0.3 is 0 Å². The van der Waals surface area contributed by atoms with Crippen molar-refractivity contribution in [1.29, 1.82) is 0 Å². The van der Waals surface area contributed by atoms with E-state index in [2.05, 4.69) is 5.32 Å². The van der Waals surface area contributed by atoms with Gasteiger partial charge in [-0.05, 0) is 40.5 Å². The van der Waals surface area contributed by atoms with E-state index in [0.29, 0.717) is 12.8 Å². The zero-order valence-corrected chi connectivity index (χ0v) is 16.2. The molecule has 4 fully saturated rings. The molecule has 9 heteroatoms. The van der Waals surface area contributed by atoms with Crippen molar-refractivity contribution in [2.75, 3.05) is 6.61 Å². The van der Waals surface area contributed by atoms with Crippen LogP contribution in [-0.4, -0.2) is 88.5 Å². The van der Waals surface area contributed by atoms with E-state index in [-0.39, 0.29) is 37.1 Å². The number of rotatable bonds is 4.